The SMILES string of the molecule is COC(=O)c1ccc(C2(C(F)(F)F)C=CN=N2)cc1Cl. The van der Waals surface area contributed by atoms with Gasteiger partial charge in [-0.3, -0.25) is 0 Å². The van der Waals surface area contributed by atoms with Crippen molar-refractivity contribution in [1.29, 1.82) is 0 Å². The first-order chi connectivity index (χ1) is 9.32. The number of hydrogen-bond acceptors (Lipinski definition) is 4. The summed E-state index contributed by atoms with van der Waals surface area (Å²) in [7, 11) is 1.15. The van der Waals surface area contributed by atoms with Crippen molar-refractivity contribution in [2.24, 2.45) is 10.2 Å². The smallest absolute Gasteiger partial charge is 0.423 e. The summed E-state index contributed by atoms with van der Waals surface area (Å²) in [5, 5.41) is 6.39. The lowest BCUT2D eigenvalue weighted by Gasteiger charge is -2.26. The number of nitrogens with zero attached hydrogens (tertiary/aromatic N) is 2. The van der Waals surface area contributed by atoms with Gasteiger partial charge in [-0.15, -0.1) is 0 Å². The highest BCUT2D eigenvalue weighted by molar-refractivity contribution is 6.33. The molecule has 2 rings (SSSR count). The van der Waals surface area contributed by atoms with Crippen LogP contribution >= 0.6 is 11.6 Å². The normalized spacial score (nSPS) is 21.2. The largest absolute Gasteiger partial charge is 0.465 e. The van der Waals surface area contributed by atoms with Crippen molar-refractivity contribution in [3.63, 3.8) is 0 Å². The molecule has 4 nitrogen and oxygen atoms in total. The van der Waals surface area contributed by atoms with E-state index in [0.717, 1.165) is 31.5 Å². The predicted molar refractivity (Wildman–Crippen MR) is 64.5 cm³/mol. The van der Waals surface area contributed by atoms with E-state index in [-0.39, 0.29) is 16.1 Å². The molecule has 106 valence electrons. The number of rotatable bonds is 2. The number of halogens is 4. The zero-order valence-electron chi connectivity index (χ0n) is 10.1. The summed E-state index contributed by atoms with van der Waals surface area (Å²) >= 11 is 5.83. The van der Waals surface area contributed by atoms with Crippen LogP contribution in [0.4, 0.5) is 13.2 Å². The van der Waals surface area contributed by atoms with Gasteiger partial charge in [0.25, 0.3) is 0 Å². The van der Waals surface area contributed by atoms with Crippen molar-refractivity contribution in [2.45, 2.75) is 11.7 Å². The van der Waals surface area contributed by atoms with Crippen LogP contribution in [-0.2, 0) is 10.3 Å². The fraction of sp³-hybridized carbons (Fsp3) is 0.250. The Hall–Kier alpha value is -1.89. The van der Waals surface area contributed by atoms with E-state index in [1.165, 1.54) is 6.07 Å². The van der Waals surface area contributed by atoms with Crippen LogP contribution < -0.4 is 0 Å². The van der Waals surface area contributed by atoms with Crippen LogP contribution in [0.3, 0.4) is 0 Å². The lowest BCUT2D eigenvalue weighted by Crippen LogP contribution is -2.37. The van der Waals surface area contributed by atoms with Gasteiger partial charge in [0.2, 0.25) is 5.54 Å². The summed E-state index contributed by atoms with van der Waals surface area (Å²) in [6, 6.07) is 3.33. The second-order valence-electron chi connectivity index (χ2n) is 3.98. The topological polar surface area (TPSA) is 51.0 Å². The average molecular weight is 305 g/mol. The van der Waals surface area contributed by atoms with E-state index in [9.17, 15) is 18.0 Å². The molecular weight excluding hydrogens is 297 g/mol. The van der Waals surface area contributed by atoms with Crippen molar-refractivity contribution in [3.8, 4) is 0 Å². The molecular formula is C12H8ClF3N2O2. The Morgan fingerprint density at radius 2 is 2.10 bits per heavy atom. The molecule has 0 saturated carbocycles. The van der Waals surface area contributed by atoms with Gasteiger partial charge >= 0.3 is 12.1 Å². The second kappa shape index (κ2) is 4.90. The van der Waals surface area contributed by atoms with Gasteiger partial charge in [-0.1, -0.05) is 17.7 Å². The second-order valence-corrected chi connectivity index (χ2v) is 4.39. The highest BCUT2D eigenvalue weighted by Crippen LogP contribution is 2.46. The van der Waals surface area contributed by atoms with E-state index >= 15 is 0 Å². The maximum Gasteiger partial charge on any atom is 0.423 e. The van der Waals surface area contributed by atoms with E-state index in [2.05, 4.69) is 15.0 Å². The molecule has 0 fully saturated rings. The quantitative estimate of drug-likeness (QED) is 0.779. The Labute approximate surface area is 116 Å². The molecule has 0 bridgehead atoms. The maximum absolute atomic E-state index is 13.2. The third kappa shape index (κ3) is 2.18. The van der Waals surface area contributed by atoms with Gasteiger partial charge in [0.05, 0.1) is 17.7 Å². The monoisotopic (exact) mass is 304 g/mol. The fourth-order valence-electron chi connectivity index (χ4n) is 1.80. The molecule has 1 aliphatic rings. The van der Waals surface area contributed by atoms with Gasteiger partial charge in [0, 0.05) is 6.20 Å². The Balaban J connectivity index is 2.53. The Bertz CT molecular complexity index is 599. The van der Waals surface area contributed by atoms with E-state index in [4.69, 9.17) is 11.6 Å². The molecule has 1 heterocycles. The van der Waals surface area contributed by atoms with Crippen LogP contribution in [0.1, 0.15) is 15.9 Å². The van der Waals surface area contributed by atoms with Crippen LogP contribution in [-0.4, -0.2) is 19.3 Å². The van der Waals surface area contributed by atoms with Crippen LogP contribution in [0.5, 0.6) is 0 Å². The minimum atomic E-state index is -4.67. The summed E-state index contributed by atoms with van der Waals surface area (Å²) < 4.78 is 44.1. The molecule has 1 atom stereocenters. The van der Waals surface area contributed by atoms with Crippen LogP contribution in [0.2, 0.25) is 5.02 Å². The summed E-state index contributed by atoms with van der Waals surface area (Å²) in [6.07, 6.45) is -2.87. The number of esters is 1. The van der Waals surface area contributed by atoms with E-state index < -0.39 is 17.7 Å². The number of ether oxygens (including phenoxy) is 1. The number of methoxy groups -OCH3 is 1. The molecule has 0 spiro atoms. The lowest BCUT2D eigenvalue weighted by atomic mass is 9.89. The third-order valence-corrected chi connectivity index (χ3v) is 3.16. The Kier molecular flexibility index (Phi) is 3.56. The third-order valence-electron chi connectivity index (χ3n) is 2.84. The molecule has 8 heteroatoms. The van der Waals surface area contributed by atoms with E-state index in [1.807, 2.05) is 0 Å². The summed E-state index contributed by atoms with van der Waals surface area (Å²) in [5.74, 6) is -0.730. The molecule has 20 heavy (non-hydrogen) atoms. The first-order valence-corrected chi connectivity index (χ1v) is 5.74. The van der Waals surface area contributed by atoms with Crippen LogP contribution in [0.25, 0.3) is 0 Å². The van der Waals surface area contributed by atoms with Gasteiger partial charge in [-0.25, -0.2) is 4.79 Å². The Morgan fingerprint density at radius 1 is 1.40 bits per heavy atom. The molecule has 1 aromatic carbocycles. The summed E-state index contributed by atoms with van der Waals surface area (Å²) in [5.41, 5.74) is -2.81. The Morgan fingerprint density at radius 3 is 2.55 bits per heavy atom. The van der Waals surface area contributed by atoms with Crippen LogP contribution in [0, 0.1) is 0 Å². The zero-order chi connectivity index (χ0) is 15.0. The number of alkyl halides is 3. The van der Waals surface area contributed by atoms with Gasteiger partial charge in [-0.05, 0) is 23.8 Å². The van der Waals surface area contributed by atoms with Gasteiger partial charge < -0.3 is 4.74 Å². The standard InChI is InChI=1S/C12H8ClF3N2O2/c1-20-10(19)8-3-2-7(6-9(8)13)11(12(14,15)16)4-5-17-18-11/h2-6H,1H3. The van der Waals surface area contributed by atoms with Gasteiger partial charge in [-0.2, -0.15) is 23.4 Å². The van der Waals surface area contributed by atoms with Crippen molar-refractivity contribution in [3.05, 3.63) is 46.6 Å². The maximum atomic E-state index is 13.2. The molecule has 0 amide bonds. The number of carbonyl (C=O) groups excluding carboxylic acids is 1. The van der Waals surface area contributed by atoms with E-state index in [1.54, 1.807) is 0 Å². The minimum absolute atomic E-state index is 0.0193. The van der Waals surface area contributed by atoms with Crippen molar-refractivity contribution in [1.82, 2.24) is 0 Å². The molecule has 1 aromatic rings. The van der Waals surface area contributed by atoms with Crippen molar-refractivity contribution >= 4 is 17.6 Å². The molecule has 1 aliphatic heterocycles. The van der Waals surface area contributed by atoms with Gasteiger partial charge in [0.1, 0.15) is 0 Å². The van der Waals surface area contributed by atoms with Crippen LogP contribution in [0.15, 0.2) is 40.7 Å². The first-order valence-electron chi connectivity index (χ1n) is 5.36. The molecule has 0 aromatic heterocycles. The first kappa shape index (κ1) is 14.5. The summed E-state index contributed by atoms with van der Waals surface area (Å²) in [4.78, 5) is 11.4. The van der Waals surface area contributed by atoms with Gasteiger partial charge in [0.15, 0.2) is 0 Å². The summed E-state index contributed by atoms with van der Waals surface area (Å²) in [6.45, 7) is 0. The number of azo groups is 1. The highest BCUT2D eigenvalue weighted by Gasteiger charge is 2.56. The van der Waals surface area contributed by atoms with Crippen molar-refractivity contribution < 1.29 is 22.7 Å². The number of benzene rings is 1. The highest BCUT2D eigenvalue weighted by atomic mass is 35.5. The molecule has 0 radical (unpaired) electrons. The number of hydrogen-bond donors (Lipinski definition) is 0. The molecule has 0 saturated heterocycles. The molecule has 0 N–H and O–H groups in total. The fourth-order valence-corrected chi connectivity index (χ4v) is 2.05. The van der Waals surface area contributed by atoms with E-state index in [0.29, 0.717) is 0 Å². The lowest BCUT2D eigenvalue weighted by molar-refractivity contribution is -0.174. The zero-order valence-corrected chi connectivity index (χ0v) is 10.9. The average Bonchev–Trinajstić information content (AvgIpc) is 2.88. The van der Waals surface area contributed by atoms with Crippen molar-refractivity contribution in [2.75, 3.05) is 7.11 Å². The predicted octanol–water partition coefficient (Wildman–Crippen LogP) is 3.86. The molecule has 1 unspecified atom stereocenters. The minimum Gasteiger partial charge on any atom is -0.465 e. The molecule has 0 aliphatic carbocycles. The number of carbonyl (C=O) groups is 1.